The number of carbonyl (C=O) groups excluding carboxylic acids is 1. The molecule has 1 rings (SSSR count). The van der Waals surface area contributed by atoms with Crippen LogP contribution in [0, 0.1) is 0 Å². The van der Waals surface area contributed by atoms with E-state index >= 15 is 0 Å². The maximum absolute atomic E-state index is 11.8. The van der Waals surface area contributed by atoms with Crippen molar-refractivity contribution in [3.63, 3.8) is 0 Å². The van der Waals surface area contributed by atoms with Crippen molar-refractivity contribution < 1.29 is 19.0 Å². The Bertz CT molecular complexity index is 379. The highest BCUT2D eigenvalue weighted by Crippen LogP contribution is 2.25. The maximum Gasteiger partial charge on any atom is 0.342 e. The van der Waals surface area contributed by atoms with E-state index < -0.39 is 0 Å². The summed E-state index contributed by atoms with van der Waals surface area (Å²) in [5, 5.41) is 0.561. The molecule has 0 fully saturated rings. The van der Waals surface area contributed by atoms with Gasteiger partial charge in [-0.1, -0.05) is 28.1 Å². The lowest BCUT2D eigenvalue weighted by molar-refractivity contribution is 0.0437. The first-order valence-corrected chi connectivity index (χ1v) is 6.33. The number of benzene rings is 1. The van der Waals surface area contributed by atoms with Gasteiger partial charge in [-0.25, -0.2) is 4.79 Å². The van der Waals surface area contributed by atoms with Gasteiger partial charge in [-0.3, -0.25) is 0 Å². The number of hydrogen-bond donors (Lipinski definition) is 0. The molecule has 0 saturated carbocycles. The van der Waals surface area contributed by atoms with Gasteiger partial charge in [0.2, 0.25) is 0 Å². The number of rotatable bonds is 6. The fourth-order valence-electron chi connectivity index (χ4n) is 1.37. The fraction of sp³-hybridized carbons (Fsp3) is 0.417. The average molecular weight is 303 g/mol. The minimum atomic E-state index is -0.381. The molecular weight excluding hydrogens is 288 g/mol. The molecule has 0 aliphatic carbocycles. The molecule has 1 aromatic rings. The molecule has 0 aliphatic heterocycles. The smallest absolute Gasteiger partial charge is 0.342 e. The van der Waals surface area contributed by atoms with Crippen molar-refractivity contribution in [3.8, 4) is 5.75 Å². The van der Waals surface area contributed by atoms with Gasteiger partial charge < -0.3 is 14.2 Å². The summed E-state index contributed by atoms with van der Waals surface area (Å²) < 4.78 is 15.2. The van der Waals surface area contributed by atoms with Gasteiger partial charge in [-0.05, 0) is 18.6 Å². The lowest BCUT2D eigenvalue weighted by atomic mass is 10.1. The molecule has 0 saturated heterocycles. The molecule has 0 aliphatic rings. The number of alkyl halides is 1. The Morgan fingerprint density at radius 3 is 2.76 bits per heavy atom. The van der Waals surface area contributed by atoms with Crippen LogP contribution in [0.5, 0.6) is 5.75 Å². The summed E-state index contributed by atoms with van der Waals surface area (Å²) in [5.74, 6) is 0.0934. The monoisotopic (exact) mass is 302 g/mol. The van der Waals surface area contributed by atoms with Crippen molar-refractivity contribution in [1.29, 1.82) is 0 Å². The van der Waals surface area contributed by atoms with Gasteiger partial charge in [0.25, 0.3) is 0 Å². The Balaban J connectivity index is 3.06. The van der Waals surface area contributed by atoms with Crippen molar-refractivity contribution in [1.82, 2.24) is 0 Å². The summed E-state index contributed by atoms with van der Waals surface area (Å²) in [5.41, 5.74) is 1.28. The maximum atomic E-state index is 11.8. The van der Waals surface area contributed by atoms with E-state index in [1.165, 1.54) is 7.11 Å². The average Bonchev–Trinajstić information content (AvgIpc) is 2.35. The minimum Gasteiger partial charge on any atom is -0.467 e. The van der Waals surface area contributed by atoms with Crippen LogP contribution in [0.4, 0.5) is 0 Å². The van der Waals surface area contributed by atoms with Gasteiger partial charge in [0, 0.05) is 12.4 Å². The molecule has 0 radical (unpaired) electrons. The summed E-state index contributed by atoms with van der Waals surface area (Å²) in [6.07, 6.45) is 0. The molecule has 0 N–H and O–H groups in total. The minimum absolute atomic E-state index is 0.0954. The van der Waals surface area contributed by atoms with E-state index in [0.29, 0.717) is 23.2 Å². The second-order valence-electron chi connectivity index (χ2n) is 3.20. The van der Waals surface area contributed by atoms with E-state index in [1.54, 1.807) is 13.0 Å². The first-order valence-electron chi connectivity index (χ1n) is 5.21. The van der Waals surface area contributed by atoms with Crippen LogP contribution in [0.15, 0.2) is 18.2 Å². The topological polar surface area (TPSA) is 44.8 Å². The number of halogens is 1. The van der Waals surface area contributed by atoms with Gasteiger partial charge in [0.15, 0.2) is 6.79 Å². The molecule has 0 bridgehead atoms. The summed E-state index contributed by atoms with van der Waals surface area (Å²) >= 11 is 3.34. The SMILES string of the molecule is CCOC(=O)c1c(CBr)cccc1OCOC. The van der Waals surface area contributed by atoms with Crippen molar-refractivity contribution in [2.75, 3.05) is 20.5 Å². The lowest BCUT2D eigenvalue weighted by Crippen LogP contribution is -2.11. The number of ether oxygens (including phenoxy) is 3. The van der Waals surface area contributed by atoms with Crippen LogP contribution >= 0.6 is 15.9 Å². The summed E-state index contributed by atoms with van der Waals surface area (Å²) in [4.78, 5) is 11.8. The normalized spacial score (nSPS) is 10.1. The zero-order valence-corrected chi connectivity index (χ0v) is 11.5. The van der Waals surface area contributed by atoms with Crippen molar-refractivity contribution in [3.05, 3.63) is 29.3 Å². The zero-order valence-electron chi connectivity index (χ0n) is 9.86. The molecule has 0 atom stereocenters. The number of esters is 1. The molecule has 0 spiro atoms. The highest BCUT2D eigenvalue weighted by Gasteiger charge is 2.18. The molecule has 0 amide bonds. The standard InChI is InChI=1S/C12H15BrO4/c1-3-16-12(14)11-9(7-13)5-4-6-10(11)17-8-15-2/h4-6H,3,7-8H2,1-2H3. The Kier molecular flexibility index (Phi) is 6.00. The van der Waals surface area contributed by atoms with E-state index in [1.807, 2.05) is 12.1 Å². The number of carbonyl (C=O) groups is 1. The van der Waals surface area contributed by atoms with Crippen LogP contribution in [-0.2, 0) is 14.8 Å². The highest BCUT2D eigenvalue weighted by molar-refractivity contribution is 9.08. The van der Waals surface area contributed by atoms with E-state index in [0.717, 1.165) is 5.56 Å². The first kappa shape index (κ1) is 14.0. The van der Waals surface area contributed by atoms with Gasteiger partial charge in [-0.2, -0.15) is 0 Å². The third-order valence-electron chi connectivity index (χ3n) is 2.07. The van der Waals surface area contributed by atoms with E-state index in [4.69, 9.17) is 14.2 Å². The molecule has 0 aromatic heterocycles. The first-order chi connectivity index (χ1) is 8.24. The molecule has 17 heavy (non-hydrogen) atoms. The van der Waals surface area contributed by atoms with Crippen molar-refractivity contribution in [2.24, 2.45) is 0 Å². The van der Waals surface area contributed by atoms with Gasteiger partial charge >= 0.3 is 5.97 Å². The van der Waals surface area contributed by atoms with Crippen LogP contribution in [0.2, 0.25) is 0 Å². The van der Waals surface area contributed by atoms with E-state index in [9.17, 15) is 4.79 Å². The molecule has 0 heterocycles. The quantitative estimate of drug-likeness (QED) is 0.460. The Morgan fingerprint density at radius 1 is 1.41 bits per heavy atom. The third-order valence-corrected chi connectivity index (χ3v) is 2.67. The number of hydrogen-bond acceptors (Lipinski definition) is 4. The van der Waals surface area contributed by atoms with Crippen molar-refractivity contribution >= 4 is 21.9 Å². The van der Waals surface area contributed by atoms with Crippen LogP contribution < -0.4 is 4.74 Å². The predicted molar refractivity (Wildman–Crippen MR) is 67.5 cm³/mol. The van der Waals surface area contributed by atoms with E-state index in [2.05, 4.69) is 15.9 Å². The van der Waals surface area contributed by atoms with Gasteiger partial charge in [0.05, 0.1) is 6.61 Å². The number of methoxy groups -OCH3 is 1. The fourth-order valence-corrected chi connectivity index (χ4v) is 1.83. The lowest BCUT2D eigenvalue weighted by Gasteiger charge is -2.12. The summed E-state index contributed by atoms with van der Waals surface area (Å²) in [6.45, 7) is 2.20. The van der Waals surface area contributed by atoms with Crippen LogP contribution in [0.1, 0.15) is 22.8 Å². The molecule has 1 aromatic carbocycles. The van der Waals surface area contributed by atoms with Crippen LogP contribution in [0.3, 0.4) is 0 Å². The summed E-state index contributed by atoms with van der Waals surface area (Å²) in [6, 6.07) is 5.39. The third kappa shape index (κ3) is 3.71. The largest absolute Gasteiger partial charge is 0.467 e. The zero-order chi connectivity index (χ0) is 12.7. The predicted octanol–water partition coefficient (Wildman–Crippen LogP) is 2.74. The second-order valence-corrected chi connectivity index (χ2v) is 3.76. The van der Waals surface area contributed by atoms with Crippen LogP contribution in [0.25, 0.3) is 0 Å². The Hall–Kier alpha value is -1.07. The van der Waals surface area contributed by atoms with Gasteiger partial charge in [-0.15, -0.1) is 0 Å². The molecule has 5 heteroatoms. The van der Waals surface area contributed by atoms with Gasteiger partial charge in [0.1, 0.15) is 11.3 Å². The van der Waals surface area contributed by atoms with E-state index in [-0.39, 0.29) is 12.8 Å². The highest BCUT2D eigenvalue weighted by atomic mass is 79.9. The molecule has 4 nitrogen and oxygen atoms in total. The second kappa shape index (κ2) is 7.29. The Labute approximate surface area is 109 Å². The van der Waals surface area contributed by atoms with Crippen molar-refractivity contribution in [2.45, 2.75) is 12.3 Å². The molecule has 0 unspecified atom stereocenters. The summed E-state index contributed by atoms with van der Waals surface area (Å²) in [7, 11) is 1.53. The Morgan fingerprint density at radius 2 is 2.18 bits per heavy atom. The van der Waals surface area contributed by atoms with Crippen LogP contribution in [-0.4, -0.2) is 26.5 Å². The molecular formula is C12H15BrO4. The molecule has 94 valence electrons.